The molecule has 34 heavy (non-hydrogen) atoms. The second kappa shape index (κ2) is 8.29. The predicted molar refractivity (Wildman–Crippen MR) is 138 cm³/mol. The van der Waals surface area contributed by atoms with Crippen LogP contribution in [0.25, 0.3) is 11.8 Å². The van der Waals surface area contributed by atoms with Gasteiger partial charge < -0.3 is 0 Å². The zero-order chi connectivity index (χ0) is 23.4. The number of allylic oxidation sites excluding steroid dienone is 1. The molecule has 0 saturated carbocycles. The molecule has 2 aliphatic rings. The van der Waals surface area contributed by atoms with E-state index in [2.05, 4.69) is 34.1 Å². The van der Waals surface area contributed by atoms with Crippen LogP contribution in [0.15, 0.2) is 86.6 Å². The third kappa shape index (κ3) is 3.53. The monoisotopic (exact) mass is 530 g/mol. The number of thiazole rings is 1. The summed E-state index contributed by atoms with van der Waals surface area (Å²) in [5.41, 5.74) is 7.37. The van der Waals surface area contributed by atoms with Gasteiger partial charge >= 0.3 is 0 Å². The van der Waals surface area contributed by atoms with Crippen LogP contribution >= 0.6 is 27.3 Å². The second-order valence-electron chi connectivity index (χ2n) is 8.67. The third-order valence-electron chi connectivity index (χ3n) is 6.55. The van der Waals surface area contributed by atoms with E-state index in [1.807, 2.05) is 37.3 Å². The first-order valence-corrected chi connectivity index (χ1v) is 12.8. The highest BCUT2D eigenvalue weighted by Gasteiger charge is 2.32. The van der Waals surface area contributed by atoms with E-state index in [0.29, 0.717) is 9.33 Å². The first kappa shape index (κ1) is 21.4. The SMILES string of the molecule is Cc1ccc(C=c2sc3n(c2=O)C(c2ccc(F)cc2)C2=C(N=3)c3ccccc3CC2)cc1Br. The summed E-state index contributed by atoms with van der Waals surface area (Å²) in [5.74, 6) is -0.288. The molecule has 3 aromatic carbocycles. The second-order valence-corrected chi connectivity index (χ2v) is 10.5. The minimum absolute atomic E-state index is 0.0693. The first-order valence-electron chi connectivity index (χ1n) is 11.1. The highest BCUT2D eigenvalue weighted by atomic mass is 79.9. The van der Waals surface area contributed by atoms with Gasteiger partial charge in [-0.3, -0.25) is 9.36 Å². The summed E-state index contributed by atoms with van der Waals surface area (Å²) in [5, 5.41) is 0. The molecule has 6 heteroatoms. The Labute approximate surface area is 208 Å². The molecule has 6 rings (SSSR count). The molecule has 0 spiro atoms. The molecule has 1 unspecified atom stereocenters. The molecule has 0 saturated heterocycles. The van der Waals surface area contributed by atoms with Gasteiger partial charge in [0.15, 0.2) is 4.80 Å². The number of aryl methyl sites for hydroxylation is 2. The van der Waals surface area contributed by atoms with Crippen molar-refractivity contribution in [2.75, 3.05) is 0 Å². The number of aromatic nitrogens is 1. The predicted octanol–water partition coefficient (Wildman–Crippen LogP) is 5.53. The molecule has 0 N–H and O–H groups in total. The van der Waals surface area contributed by atoms with Gasteiger partial charge in [0, 0.05) is 10.0 Å². The molecule has 1 aromatic heterocycles. The molecular formula is C28H20BrFN2OS. The number of hydrogen-bond donors (Lipinski definition) is 0. The highest BCUT2D eigenvalue weighted by Crippen LogP contribution is 2.41. The van der Waals surface area contributed by atoms with Crippen molar-refractivity contribution in [2.45, 2.75) is 25.8 Å². The Morgan fingerprint density at radius 1 is 1.09 bits per heavy atom. The Bertz CT molecular complexity index is 1660. The fourth-order valence-electron chi connectivity index (χ4n) is 4.82. The van der Waals surface area contributed by atoms with Crippen molar-refractivity contribution in [3.8, 4) is 0 Å². The summed E-state index contributed by atoms with van der Waals surface area (Å²) in [6, 6.07) is 20.6. The van der Waals surface area contributed by atoms with E-state index < -0.39 is 0 Å². The lowest BCUT2D eigenvalue weighted by atomic mass is 9.83. The number of fused-ring (bicyclic) bond motifs is 3. The third-order valence-corrected chi connectivity index (χ3v) is 8.39. The van der Waals surface area contributed by atoms with Gasteiger partial charge in [-0.25, -0.2) is 9.38 Å². The van der Waals surface area contributed by atoms with Crippen molar-refractivity contribution in [3.05, 3.63) is 130 Å². The van der Waals surface area contributed by atoms with Gasteiger partial charge in [-0.1, -0.05) is 75.8 Å². The molecule has 0 bridgehead atoms. The fourth-order valence-corrected chi connectivity index (χ4v) is 6.22. The summed E-state index contributed by atoms with van der Waals surface area (Å²) < 4.78 is 17.2. The van der Waals surface area contributed by atoms with Crippen molar-refractivity contribution < 1.29 is 4.39 Å². The minimum Gasteiger partial charge on any atom is -0.272 e. The van der Waals surface area contributed by atoms with Crippen molar-refractivity contribution >= 4 is 39.0 Å². The van der Waals surface area contributed by atoms with Gasteiger partial charge in [-0.2, -0.15) is 0 Å². The first-order chi connectivity index (χ1) is 16.5. The van der Waals surface area contributed by atoms with Gasteiger partial charge in [0.05, 0.1) is 16.3 Å². The Balaban J connectivity index is 1.62. The van der Waals surface area contributed by atoms with Crippen LogP contribution in [0.1, 0.15) is 40.3 Å². The molecule has 2 heterocycles. The quantitative estimate of drug-likeness (QED) is 0.335. The highest BCUT2D eigenvalue weighted by molar-refractivity contribution is 9.10. The summed E-state index contributed by atoms with van der Waals surface area (Å²) >= 11 is 4.99. The topological polar surface area (TPSA) is 34.4 Å². The van der Waals surface area contributed by atoms with E-state index >= 15 is 0 Å². The lowest BCUT2D eigenvalue weighted by molar-refractivity contribution is 0.581. The van der Waals surface area contributed by atoms with E-state index in [4.69, 9.17) is 4.99 Å². The summed E-state index contributed by atoms with van der Waals surface area (Å²) in [6.45, 7) is 2.03. The Kier molecular flexibility index (Phi) is 5.23. The Morgan fingerprint density at radius 2 is 1.88 bits per heavy atom. The van der Waals surface area contributed by atoms with Crippen molar-refractivity contribution in [3.63, 3.8) is 0 Å². The fraction of sp³-hybridized carbons (Fsp3) is 0.143. The zero-order valence-electron chi connectivity index (χ0n) is 18.4. The molecule has 0 fully saturated rings. The molecule has 3 nitrogen and oxygen atoms in total. The minimum atomic E-state index is -0.299. The van der Waals surface area contributed by atoms with Crippen LogP contribution in [0.3, 0.4) is 0 Å². The molecule has 168 valence electrons. The molecule has 1 aliphatic heterocycles. The average molecular weight is 531 g/mol. The number of hydrogen-bond acceptors (Lipinski definition) is 3. The molecule has 0 amide bonds. The van der Waals surface area contributed by atoms with Crippen LogP contribution in [0, 0.1) is 12.7 Å². The van der Waals surface area contributed by atoms with E-state index in [1.54, 1.807) is 16.7 Å². The number of rotatable bonds is 2. The molecule has 4 aromatic rings. The Hall–Kier alpha value is -3.09. The van der Waals surface area contributed by atoms with Gasteiger partial charge in [0.1, 0.15) is 5.82 Å². The van der Waals surface area contributed by atoms with Crippen LogP contribution < -0.4 is 14.9 Å². The normalized spacial score (nSPS) is 17.1. The van der Waals surface area contributed by atoms with Crippen molar-refractivity contribution in [1.82, 2.24) is 4.57 Å². The Morgan fingerprint density at radius 3 is 2.68 bits per heavy atom. The van der Waals surface area contributed by atoms with Crippen LogP contribution in [0.4, 0.5) is 4.39 Å². The smallest absolute Gasteiger partial charge is 0.271 e. The summed E-state index contributed by atoms with van der Waals surface area (Å²) in [6.07, 6.45) is 3.63. The van der Waals surface area contributed by atoms with Crippen LogP contribution in [-0.2, 0) is 6.42 Å². The number of benzene rings is 3. The van der Waals surface area contributed by atoms with Crippen LogP contribution in [-0.4, -0.2) is 4.57 Å². The molecule has 1 aliphatic carbocycles. The zero-order valence-corrected chi connectivity index (χ0v) is 20.8. The van der Waals surface area contributed by atoms with Crippen molar-refractivity contribution in [1.29, 1.82) is 0 Å². The van der Waals surface area contributed by atoms with E-state index in [1.165, 1.54) is 29.0 Å². The van der Waals surface area contributed by atoms with E-state index in [9.17, 15) is 9.18 Å². The standard InChI is InChI=1S/C28H20BrFN2OS/c1-16-6-7-17(14-23(16)29)15-24-27(33)32-26(19-8-11-20(30)12-9-19)22-13-10-18-4-2-3-5-21(18)25(22)31-28(32)34-24/h2-9,11-12,14-15,26H,10,13H2,1H3. The maximum Gasteiger partial charge on any atom is 0.271 e. The van der Waals surface area contributed by atoms with E-state index in [-0.39, 0.29) is 17.4 Å². The molecule has 1 atom stereocenters. The van der Waals surface area contributed by atoms with E-state index in [0.717, 1.165) is 50.8 Å². The van der Waals surface area contributed by atoms with Crippen molar-refractivity contribution in [2.24, 2.45) is 4.99 Å². The summed E-state index contributed by atoms with van der Waals surface area (Å²) in [7, 11) is 0. The maximum absolute atomic E-state index is 13.8. The van der Waals surface area contributed by atoms with Gasteiger partial charge in [0.2, 0.25) is 0 Å². The lowest BCUT2D eigenvalue weighted by Gasteiger charge is -2.30. The van der Waals surface area contributed by atoms with Gasteiger partial charge in [-0.15, -0.1) is 0 Å². The molecular weight excluding hydrogens is 511 g/mol. The number of nitrogens with zero attached hydrogens (tertiary/aromatic N) is 2. The van der Waals surface area contributed by atoms with Gasteiger partial charge in [-0.05, 0) is 71.9 Å². The summed E-state index contributed by atoms with van der Waals surface area (Å²) in [4.78, 5) is 19.4. The average Bonchev–Trinajstić information content (AvgIpc) is 3.15. The molecule has 0 radical (unpaired) electrons. The number of halogens is 2. The van der Waals surface area contributed by atoms with Crippen LogP contribution in [0.2, 0.25) is 0 Å². The lowest BCUT2D eigenvalue weighted by Crippen LogP contribution is -2.38. The maximum atomic E-state index is 13.8. The largest absolute Gasteiger partial charge is 0.272 e. The van der Waals surface area contributed by atoms with Gasteiger partial charge in [0.25, 0.3) is 5.56 Å². The van der Waals surface area contributed by atoms with Crippen LogP contribution in [0.5, 0.6) is 0 Å².